The molecule has 0 aliphatic heterocycles. The number of benzene rings is 2. The maximum Gasteiger partial charge on any atom is 0.337 e. The summed E-state index contributed by atoms with van der Waals surface area (Å²) in [6, 6.07) is 16.7. The molecule has 0 fully saturated rings. The summed E-state index contributed by atoms with van der Waals surface area (Å²) >= 11 is 1.63. The smallest absolute Gasteiger partial charge is 0.337 e. The largest absolute Gasteiger partial charge is 0.465 e. The molecule has 0 saturated heterocycles. The lowest BCUT2D eigenvalue weighted by Gasteiger charge is -2.10. The molecule has 4 aromatic rings. The van der Waals surface area contributed by atoms with Crippen molar-refractivity contribution in [2.75, 3.05) is 24.3 Å². The monoisotopic (exact) mass is 446 g/mol. The Morgan fingerprint density at radius 1 is 1.03 bits per heavy atom. The molecule has 1 amide bonds. The van der Waals surface area contributed by atoms with E-state index in [1.807, 2.05) is 18.2 Å². The van der Waals surface area contributed by atoms with E-state index >= 15 is 0 Å². The zero-order chi connectivity index (χ0) is 22.5. The maximum absolute atomic E-state index is 12.4. The number of nitrogens with zero attached hydrogens (tertiary/aromatic N) is 2. The minimum Gasteiger partial charge on any atom is -0.465 e. The second kappa shape index (κ2) is 9.57. The molecule has 8 heteroatoms. The molecule has 0 bridgehead atoms. The predicted molar refractivity (Wildman–Crippen MR) is 127 cm³/mol. The Hall–Kier alpha value is -3.78. The van der Waals surface area contributed by atoms with Crippen molar-refractivity contribution in [3.63, 3.8) is 0 Å². The fourth-order valence-electron chi connectivity index (χ4n) is 3.46. The fourth-order valence-corrected chi connectivity index (χ4v) is 4.47. The summed E-state index contributed by atoms with van der Waals surface area (Å²) in [6.07, 6.45) is 1.80. The number of carbonyl (C=O) groups excluding carboxylic acids is 2. The minimum absolute atomic E-state index is 0.140. The van der Waals surface area contributed by atoms with Gasteiger partial charge in [-0.3, -0.25) is 4.79 Å². The molecule has 0 radical (unpaired) electrons. The number of nitrogens with one attached hydrogen (secondary N) is 2. The van der Waals surface area contributed by atoms with E-state index in [0.717, 1.165) is 21.3 Å². The Balaban J connectivity index is 1.43. The van der Waals surface area contributed by atoms with E-state index in [-0.39, 0.29) is 12.3 Å². The van der Waals surface area contributed by atoms with Gasteiger partial charge in [0, 0.05) is 29.1 Å². The zero-order valence-corrected chi connectivity index (χ0v) is 18.5. The number of esters is 1. The molecule has 0 spiro atoms. The first-order valence-corrected chi connectivity index (χ1v) is 10.9. The molecule has 0 aliphatic rings. The van der Waals surface area contributed by atoms with Crippen LogP contribution >= 0.6 is 11.3 Å². The third kappa shape index (κ3) is 4.60. The first kappa shape index (κ1) is 21.5. The van der Waals surface area contributed by atoms with Crippen LogP contribution in [0.15, 0.2) is 60.9 Å². The van der Waals surface area contributed by atoms with Crippen molar-refractivity contribution in [1.82, 2.24) is 9.97 Å². The van der Waals surface area contributed by atoms with Gasteiger partial charge >= 0.3 is 5.97 Å². The van der Waals surface area contributed by atoms with E-state index in [2.05, 4.69) is 44.4 Å². The molecule has 0 saturated carbocycles. The Bertz CT molecular complexity index is 1250. The van der Waals surface area contributed by atoms with Gasteiger partial charge in [-0.05, 0) is 36.8 Å². The second-order valence-electron chi connectivity index (χ2n) is 7.10. The summed E-state index contributed by atoms with van der Waals surface area (Å²) in [5.41, 5.74) is 3.28. The van der Waals surface area contributed by atoms with Crippen LogP contribution in [-0.2, 0) is 9.53 Å². The van der Waals surface area contributed by atoms with Crippen LogP contribution < -0.4 is 10.6 Å². The van der Waals surface area contributed by atoms with Gasteiger partial charge in [-0.1, -0.05) is 30.3 Å². The SMILES string of the molecule is COC(=O)c1ccc(NC(=O)CCNc2ncnc3sc(C)c(-c4ccccc4)c23)cc1. The highest BCUT2D eigenvalue weighted by molar-refractivity contribution is 7.19. The van der Waals surface area contributed by atoms with Crippen LogP contribution in [0.2, 0.25) is 0 Å². The van der Waals surface area contributed by atoms with Crippen LogP contribution in [0.4, 0.5) is 11.5 Å². The highest BCUT2D eigenvalue weighted by Gasteiger charge is 2.16. The molecule has 162 valence electrons. The van der Waals surface area contributed by atoms with Crippen molar-refractivity contribution < 1.29 is 14.3 Å². The number of aromatic nitrogens is 2. The third-order valence-electron chi connectivity index (χ3n) is 4.96. The van der Waals surface area contributed by atoms with E-state index < -0.39 is 5.97 Å². The van der Waals surface area contributed by atoms with Crippen molar-refractivity contribution in [2.45, 2.75) is 13.3 Å². The molecule has 2 N–H and O–H groups in total. The molecule has 7 nitrogen and oxygen atoms in total. The number of anilines is 2. The first-order valence-electron chi connectivity index (χ1n) is 10.1. The summed E-state index contributed by atoms with van der Waals surface area (Å²) in [4.78, 5) is 34.8. The molecule has 0 unspecified atom stereocenters. The molecule has 4 rings (SSSR count). The van der Waals surface area contributed by atoms with Gasteiger partial charge in [0.15, 0.2) is 0 Å². The van der Waals surface area contributed by atoms with Crippen molar-refractivity contribution >= 4 is 44.9 Å². The highest BCUT2D eigenvalue weighted by atomic mass is 32.1. The van der Waals surface area contributed by atoms with Crippen LogP contribution in [0.5, 0.6) is 0 Å². The average Bonchev–Trinajstić information content (AvgIpc) is 3.16. The number of ether oxygens (including phenoxy) is 1. The second-order valence-corrected chi connectivity index (χ2v) is 8.30. The predicted octanol–water partition coefficient (Wildman–Crippen LogP) is 4.89. The fraction of sp³-hybridized carbons (Fsp3) is 0.167. The van der Waals surface area contributed by atoms with Crippen LogP contribution in [0, 0.1) is 6.92 Å². The number of hydrogen-bond donors (Lipinski definition) is 2. The Labute approximate surface area is 189 Å². The summed E-state index contributed by atoms with van der Waals surface area (Å²) in [7, 11) is 1.33. The molecule has 32 heavy (non-hydrogen) atoms. The quantitative estimate of drug-likeness (QED) is 0.393. The van der Waals surface area contributed by atoms with Crippen molar-refractivity contribution in [3.05, 3.63) is 71.4 Å². The van der Waals surface area contributed by atoms with Gasteiger partial charge in [0.1, 0.15) is 17.0 Å². The summed E-state index contributed by atoms with van der Waals surface area (Å²) in [5.74, 6) is 0.161. The first-order chi connectivity index (χ1) is 15.6. The van der Waals surface area contributed by atoms with Gasteiger partial charge in [-0.25, -0.2) is 14.8 Å². The lowest BCUT2D eigenvalue weighted by atomic mass is 10.0. The number of rotatable bonds is 7. The van der Waals surface area contributed by atoms with E-state index in [0.29, 0.717) is 23.6 Å². The van der Waals surface area contributed by atoms with Gasteiger partial charge in [0.25, 0.3) is 0 Å². The lowest BCUT2D eigenvalue weighted by molar-refractivity contribution is -0.115. The number of thiophene rings is 1. The standard InChI is InChI=1S/C24H22N4O3S/c1-15-20(16-6-4-3-5-7-16)21-22(26-14-27-23(21)32-15)25-13-12-19(29)28-18-10-8-17(9-11-18)24(30)31-2/h3-11,14H,12-13H2,1-2H3,(H,28,29)(H,25,26,27). The van der Waals surface area contributed by atoms with Crippen LogP contribution in [-0.4, -0.2) is 35.5 Å². The van der Waals surface area contributed by atoms with Gasteiger partial charge in [-0.2, -0.15) is 0 Å². The average molecular weight is 447 g/mol. The molecule has 2 aromatic heterocycles. The molecular formula is C24H22N4O3S. The molecule has 2 heterocycles. The molecule has 2 aromatic carbocycles. The van der Waals surface area contributed by atoms with Crippen LogP contribution in [0.25, 0.3) is 21.3 Å². The molecule has 0 aliphatic carbocycles. The van der Waals surface area contributed by atoms with Crippen molar-refractivity contribution in [2.24, 2.45) is 0 Å². The van der Waals surface area contributed by atoms with Crippen LogP contribution in [0.1, 0.15) is 21.7 Å². The maximum atomic E-state index is 12.4. The van der Waals surface area contributed by atoms with E-state index in [1.54, 1.807) is 35.6 Å². The molecule has 0 atom stereocenters. The summed E-state index contributed by atoms with van der Waals surface area (Å²) < 4.78 is 4.68. The number of fused-ring (bicyclic) bond motifs is 1. The number of amides is 1. The Morgan fingerprint density at radius 3 is 2.50 bits per heavy atom. The van der Waals surface area contributed by atoms with Gasteiger partial charge in [0.2, 0.25) is 5.91 Å². The third-order valence-corrected chi connectivity index (χ3v) is 5.97. The van der Waals surface area contributed by atoms with Crippen molar-refractivity contribution in [3.8, 4) is 11.1 Å². The summed E-state index contributed by atoms with van der Waals surface area (Å²) in [6.45, 7) is 2.50. The van der Waals surface area contributed by atoms with Gasteiger partial charge < -0.3 is 15.4 Å². The van der Waals surface area contributed by atoms with Crippen molar-refractivity contribution in [1.29, 1.82) is 0 Å². The minimum atomic E-state index is -0.415. The lowest BCUT2D eigenvalue weighted by Crippen LogP contribution is -2.16. The van der Waals surface area contributed by atoms with Gasteiger partial charge in [0.05, 0.1) is 18.1 Å². The van der Waals surface area contributed by atoms with Crippen LogP contribution in [0.3, 0.4) is 0 Å². The number of methoxy groups -OCH3 is 1. The van der Waals surface area contributed by atoms with E-state index in [1.165, 1.54) is 18.3 Å². The number of carbonyl (C=O) groups is 2. The Morgan fingerprint density at radius 2 is 1.78 bits per heavy atom. The van der Waals surface area contributed by atoms with Gasteiger partial charge in [-0.15, -0.1) is 11.3 Å². The number of aryl methyl sites for hydroxylation is 1. The topological polar surface area (TPSA) is 93.2 Å². The Kier molecular flexibility index (Phi) is 6.42. The highest BCUT2D eigenvalue weighted by Crippen LogP contribution is 2.40. The number of hydrogen-bond acceptors (Lipinski definition) is 7. The molecular weight excluding hydrogens is 424 g/mol. The summed E-state index contributed by atoms with van der Waals surface area (Å²) in [5, 5.41) is 7.09. The van der Waals surface area contributed by atoms with E-state index in [4.69, 9.17) is 0 Å². The zero-order valence-electron chi connectivity index (χ0n) is 17.7. The normalized spacial score (nSPS) is 10.7. The van der Waals surface area contributed by atoms with E-state index in [9.17, 15) is 9.59 Å².